The first kappa shape index (κ1) is 18.5. The third kappa shape index (κ3) is 3.97. The number of rotatable bonds is 7. The van der Waals surface area contributed by atoms with Crippen LogP contribution in [0, 0.1) is 5.41 Å². The van der Waals surface area contributed by atoms with Crippen molar-refractivity contribution in [2.45, 2.75) is 59.8 Å². The van der Waals surface area contributed by atoms with E-state index in [-0.39, 0.29) is 5.91 Å². The van der Waals surface area contributed by atoms with Crippen molar-refractivity contribution in [3.05, 3.63) is 35.4 Å². The molecule has 0 unspecified atom stereocenters. The minimum absolute atomic E-state index is 0.192. The summed E-state index contributed by atoms with van der Waals surface area (Å²) in [6, 6.07) is 0. The molecule has 0 aromatic rings. The molecule has 2 aliphatic rings. The Balaban J connectivity index is 2.11. The first-order valence-electron chi connectivity index (χ1n) is 9.08. The van der Waals surface area contributed by atoms with E-state index in [0.717, 1.165) is 50.1 Å². The molecule has 0 saturated heterocycles. The highest BCUT2D eigenvalue weighted by atomic mass is 16.5. The van der Waals surface area contributed by atoms with E-state index in [9.17, 15) is 4.79 Å². The Hall–Kier alpha value is -1.84. The van der Waals surface area contributed by atoms with Crippen molar-refractivity contribution in [1.82, 2.24) is 4.90 Å². The zero-order chi connectivity index (χ0) is 17.6. The molecule has 0 N–H and O–H groups in total. The lowest BCUT2D eigenvalue weighted by Crippen LogP contribution is -2.42. The normalized spacial score (nSPS) is 21.0. The molecule has 0 aromatic heterocycles. The van der Waals surface area contributed by atoms with Crippen LogP contribution in [0.15, 0.2) is 40.4 Å². The maximum absolute atomic E-state index is 13.1. The largest absolute Gasteiger partial charge is 0.469 e. The van der Waals surface area contributed by atoms with Crippen LogP contribution in [-0.4, -0.2) is 30.1 Å². The third-order valence-electron chi connectivity index (χ3n) is 4.73. The topological polar surface area (TPSA) is 41.9 Å². The van der Waals surface area contributed by atoms with Crippen molar-refractivity contribution in [2.24, 2.45) is 10.4 Å². The smallest absolute Gasteiger partial charge is 0.236 e. The molecule has 4 nitrogen and oxygen atoms in total. The van der Waals surface area contributed by atoms with Crippen LogP contribution in [0.4, 0.5) is 0 Å². The number of hydrogen-bond acceptors (Lipinski definition) is 3. The Morgan fingerprint density at radius 2 is 2.08 bits per heavy atom. The summed E-state index contributed by atoms with van der Waals surface area (Å²) >= 11 is 0. The monoisotopic (exact) mass is 330 g/mol. The van der Waals surface area contributed by atoms with Crippen molar-refractivity contribution in [1.29, 1.82) is 0 Å². The highest BCUT2D eigenvalue weighted by Gasteiger charge is 2.56. The van der Waals surface area contributed by atoms with Gasteiger partial charge in [-0.15, -0.1) is 0 Å². The first-order valence-corrected chi connectivity index (χ1v) is 9.08. The number of carbonyl (C=O) groups is 1. The van der Waals surface area contributed by atoms with Crippen LogP contribution in [0.1, 0.15) is 59.8 Å². The van der Waals surface area contributed by atoms with Crippen LogP contribution < -0.4 is 0 Å². The van der Waals surface area contributed by atoms with Crippen molar-refractivity contribution in [2.75, 3.05) is 13.1 Å². The molecule has 0 bridgehead atoms. The summed E-state index contributed by atoms with van der Waals surface area (Å²) in [5, 5.41) is 0. The van der Waals surface area contributed by atoms with Gasteiger partial charge in [0.05, 0.1) is 18.5 Å². The SMILES string of the molecule is C/C=C(\O/C=C/CC)C1(C(=O)N2CCC(C)=C(N=CCC)C2)CC1. The van der Waals surface area contributed by atoms with Gasteiger partial charge >= 0.3 is 0 Å². The van der Waals surface area contributed by atoms with Crippen LogP contribution in [0.25, 0.3) is 0 Å². The van der Waals surface area contributed by atoms with Gasteiger partial charge in [0.25, 0.3) is 0 Å². The highest BCUT2D eigenvalue weighted by Crippen LogP contribution is 2.54. The van der Waals surface area contributed by atoms with Crippen LogP contribution in [0.5, 0.6) is 0 Å². The van der Waals surface area contributed by atoms with Gasteiger partial charge in [-0.1, -0.05) is 13.8 Å². The van der Waals surface area contributed by atoms with Gasteiger partial charge in [-0.25, -0.2) is 0 Å². The van der Waals surface area contributed by atoms with E-state index in [0.29, 0.717) is 6.54 Å². The zero-order valence-corrected chi connectivity index (χ0v) is 15.5. The lowest BCUT2D eigenvalue weighted by atomic mass is 9.99. The number of hydrogen-bond donors (Lipinski definition) is 0. The molecule has 1 fully saturated rings. The molecular formula is C20H30N2O2. The quantitative estimate of drug-likeness (QED) is 0.506. The second kappa shape index (κ2) is 8.32. The van der Waals surface area contributed by atoms with Crippen molar-refractivity contribution in [3.63, 3.8) is 0 Å². The highest BCUT2D eigenvalue weighted by molar-refractivity contribution is 5.88. The fraction of sp³-hybridized carbons (Fsp3) is 0.600. The van der Waals surface area contributed by atoms with E-state index in [4.69, 9.17) is 4.74 Å². The third-order valence-corrected chi connectivity index (χ3v) is 4.73. The summed E-state index contributed by atoms with van der Waals surface area (Å²) in [6.07, 6.45) is 12.0. The Morgan fingerprint density at radius 3 is 2.67 bits per heavy atom. The number of allylic oxidation sites excluding steroid dienone is 2. The van der Waals surface area contributed by atoms with Crippen LogP contribution in [0.2, 0.25) is 0 Å². The van der Waals surface area contributed by atoms with E-state index >= 15 is 0 Å². The molecule has 24 heavy (non-hydrogen) atoms. The summed E-state index contributed by atoms with van der Waals surface area (Å²) in [5.74, 6) is 0.985. The van der Waals surface area contributed by atoms with Gasteiger partial charge < -0.3 is 9.64 Å². The predicted octanol–water partition coefficient (Wildman–Crippen LogP) is 4.60. The molecule has 0 radical (unpaired) electrons. The van der Waals surface area contributed by atoms with E-state index in [1.807, 2.05) is 30.2 Å². The van der Waals surface area contributed by atoms with Crippen molar-refractivity contribution >= 4 is 12.1 Å². The van der Waals surface area contributed by atoms with E-state index in [2.05, 4.69) is 25.8 Å². The fourth-order valence-corrected chi connectivity index (χ4v) is 3.04. The molecule has 0 aromatic carbocycles. The molecule has 0 atom stereocenters. The van der Waals surface area contributed by atoms with Crippen LogP contribution in [-0.2, 0) is 9.53 Å². The number of aliphatic imine (C=N–C) groups is 1. The van der Waals surface area contributed by atoms with Crippen LogP contribution >= 0.6 is 0 Å². The maximum Gasteiger partial charge on any atom is 0.236 e. The fourth-order valence-electron chi connectivity index (χ4n) is 3.04. The molecule has 1 aliphatic carbocycles. The van der Waals surface area contributed by atoms with Crippen molar-refractivity contribution < 1.29 is 9.53 Å². The molecule has 2 rings (SSSR count). The van der Waals surface area contributed by atoms with Gasteiger partial charge in [-0.05, 0) is 63.7 Å². The van der Waals surface area contributed by atoms with E-state index in [1.54, 1.807) is 6.26 Å². The molecule has 1 amide bonds. The van der Waals surface area contributed by atoms with Gasteiger partial charge in [0.1, 0.15) is 11.2 Å². The minimum Gasteiger partial charge on any atom is -0.469 e. The van der Waals surface area contributed by atoms with Crippen LogP contribution in [0.3, 0.4) is 0 Å². The molecule has 132 valence electrons. The zero-order valence-electron chi connectivity index (χ0n) is 15.5. The minimum atomic E-state index is -0.447. The summed E-state index contributed by atoms with van der Waals surface area (Å²) < 4.78 is 5.78. The van der Waals surface area contributed by atoms with Gasteiger partial charge in [-0.2, -0.15) is 0 Å². The number of carbonyl (C=O) groups excluding carboxylic acids is 1. The number of ether oxygens (including phenoxy) is 1. The molecule has 0 spiro atoms. The Labute approximate surface area is 146 Å². The molecule has 1 aliphatic heterocycles. The van der Waals surface area contributed by atoms with Gasteiger partial charge in [0, 0.05) is 12.8 Å². The Morgan fingerprint density at radius 1 is 1.33 bits per heavy atom. The first-order chi connectivity index (χ1) is 11.6. The van der Waals surface area contributed by atoms with Gasteiger partial charge in [0.15, 0.2) is 0 Å². The average Bonchev–Trinajstić information content (AvgIpc) is 3.39. The van der Waals surface area contributed by atoms with Crippen molar-refractivity contribution in [3.8, 4) is 0 Å². The molecule has 4 heteroatoms. The number of nitrogens with zero attached hydrogens (tertiary/aromatic N) is 2. The average molecular weight is 330 g/mol. The summed E-state index contributed by atoms with van der Waals surface area (Å²) in [4.78, 5) is 19.7. The van der Waals surface area contributed by atoms with Gasteiger partial charge in [0.2, 0.25) is 5.91 Å². The summed E-state index contributed by atoms with van der Waals surface area (Å²) in [6.45, 7) is 9.59. The standard InChI is InChI=1S/C20H30N2O2/c1-5-8-14-24-18(7-3)20(10-11-20)19(23)22-13-9-16(4)17(15-22)21-12-6-2/h7-8,12,14H,5-6,9-11,13,15H2,1-4H3/b14-8+,18-7-,21-12?. The Kier molecular flexibility index (Phi) is 6.41. The summed E-state index contributed by atoms with van der Waals surface area (Å²) in [7, 11) is 0. The summed E-state index contributed by atoms with van der Waals surface area (Å²) in [5.41, 5.74) is 1.89. The van der Waals surface area contributed by atoms with Gasteiger partial charge in [-0.3, -0.25) is 9.79 Å². The molecule has 1 heterocycles. The lowest BCUT2D eigenvalue weighted by molar-refractivity contribution is -0.136. The molecule has 1 saturated carbocycles. The number of amides is 1. The van der Waals surface area contributed by atoms with E-state index < -0.39 is 5.41 Å². The maximum atomic E-state index is 13.1. The predicted molar refractivity (Wildman–Crippen MR) is 98.6 cm³/mol. The lowest BCUT2D eigenvalue weighted by Gasteiger charge is -2.32. The van der Waals surface area contributed by atoms with E-state index in [1.165, 1.54) is 5.57 Å². The second-order valence-corrected chi connectivity index (χ2v) is 6.56. The second-order valence-electron chi connectivity index (χ2n) is 6.56. The molecular weight excluding hydrogens is 300 g/mol. The Bertz CT molecular complexity index is 580.